The van der Waals surface area contributed by atoms with Crippen molar-refractivity contribution in [1.29, 1.82) is 0 Å². The lowest BCUT2D eigenvalue weighted by molar-refractivity contribution is -0.153. The van der Waals surface area contributed by atoms with Crippen LogP contribution in [0.4, 0.5) is 0 Å². The SMILES string of the molecule is CC/C=C\C[C@@H]1C(CC(=O)OC(CCCCCCCCC2C=CC2CCCCCCCC)CCCCCCCCC2CC2CCCCCCCC)CCC1OC(=O)CC1CCN(C)C1. The molecule has 3 aliphatic carbocycles. The quantitative estimate of drug-likeness (QED) is 0.0348. The lowest BCUT2D eigenvalue weighted by atomic mass is 9.76. The number of unbranched alkanes of at least 4 members (excludes halogenated alkanes) is 20. The van der Waals surface area contributed by atoms with Crippen molar-refractivity contribution in [2.24, 2.45) is 41.4 Å². The van der Waals surface area contributed by atoms with Gasteiger partial charge in [-0.2, -0.15) is 0 Å². The molecule has 0 aromatic carbocycles. The van der Waals surface area contributed by atoms with Crippen LogP contribution in [0.15, 0.2) is 24.3 Å². The summed E-state index contributed by atoms with van der Waals surface area (Å²) in [4.78, 5) is 29.1. The number of carbonyl (C=O) groups is 2. The van der Waals surface area contributed by atoms with Gasteiger partial charge < -0.3 is 14.4 Å². The van der Waals surface area contributed by atoms with Crippen molar-refractivity contribution in [2.75, 3.05) is 20.1 Å². The molecule has 1 heterocycles. The number of rotatable bonds is 41. The maximum atomic E-state index is 13.7. The summed E-state index contributed by atoms with van der Waals surface area (Å²) >= 11 is 0. The number of hydrogen-bond acceptors (Lipinski definition) is 5. The van der Waals surface area contributed by atoms with Gasteiger partial charge in [0.1, 0.15) is 12.2 Å². The standard InChI is InChI=1S/C59H105NO4/c1-5-8-11-13-19-26-32-50-39-40-51(50)33-27-21-15-17-23-30-36-55(37-31-24-18-16-22-29-35-53-46-52(53)34-28-20-14-12-9-6-2)63-59(62)47-54-41-42-57(56(54)38-25-10-7-3)64-58(61)45-49-43-44-60(4)48-49/h10,25,39-40,49-57H,5-9,11-24,26-38,41-48H2,1-4H3/b25-10-/t49?,50?,51?,52?,53?,54?,55?,56-,57?/m1/s1. The molecule has 4 rings (SSSR count). The summed E-state index contributed by atoms with van der Waals surface area (Å²) < 4.78 is 12.6. The van der Waals surface area contributed by atoms with E-state index in [1.807, 2.05) is 0 Å². The van der Waals surface area contributed by atoms with Gasteiger partial charge in [-0.15, -0.1) is 0 Å². The Morgan fingerprint density at radius 2 is 1.09 bits per heavy atom. The Bertz CT molecular complexity index is 1250. The Balaban J connectivity index is 1.13. The molecule has 0 amide bonds. The predicted molar refractivity (Wildman–Crippen MR) is 272 cm³/mol. The Morgan fingerprint density at radius 1 is 0.578 bits per heavy atom. The predicted octanol–water partition coefficient (Wildman–Crippen LogP) is 17.1. The molecule has 5 nitrogen and oxygen atoms in total. The first-order chi connectivity index (χ1) is 31.4. The van der Waals surface area contributed by atoms with E-state index in [-0.39, 0.29) is 36.0 Å². The van der Waals surface area contributed by atoms with Gasteiger partial charge in [-0.3, -0.25) is 9.59 Å². The van der Waals surface area contributed by atoms with E-state index in [9.17, 15) is 9.59 Å². The minimum atomic E-state index is -0.0886. The van der Waals surface area contributed by atoms with E-state index < -0.39 is 0 Å². The Labute approximate surface area is 397 Å². The van der Waals surface area contributed by atoms with Gasteiger partial charge in [0.2, 0.25) is 0 Å². The van der Waals surface area contributed by atoms with Crippen LogP contribution in [-0.4, -0.2) is 49.2 Å². The van der Waals surface area contributed by atoms with Crippen LogP contribution < -0.4 is 0 Å². The summed E-state index contributed by atoms with van der Waals surface area (Å²) in [6.45, 7) is 8.82. The monoisotopic (exact) mass is 892 g/mol. The van der Waals surface area contributed by atoms with Gasteiger partial charge in [0.25, 0.3) is 0 Å². The highest BCUT2D eigenvalue weighted by atomic mass is 16.5. The average Bonchev–Trinajstić information content (AvgIpc) is 3.74. The first-order valence-corrected chi connectivity index (χ1v) is 28.8. The van der Waals surface area contributed by atoms with Gasteiger partial charge in [-0.1, -0.05) is 199 Å². The first kappa shape index (κ1) is 55.0. The molecule has 1 aliphatic heterocycles. The number of ether oxygens (including phenoxy) is 2. The van der Waals surface area contributed by atoms with Gasteiger partial charge in [0, 0.05) is 25.3 Å². The number of carbonyl (C=O) groups excluding carboxylic acids is 2. The van der Waals surface area contributed by atoms with Crippen LogP contribution >= 0.6 is 0 Å². The van der Waals surface area contributed by atoms with Gasteiger partial charge in [0.15, 0.2) is 0 Å². The normalized spacial score (nSPS) is 25.9. The highest BCUT2D eigenvalue weighted by Crippen LogP contribution is 2.46. The maximum Gasteiger partial charge on any atom is 0.306 e. The van der Waals surface area contributed by atoms with Crippen molar-refractivity contribution in [3.05, 3.63) is 24.3 Å². The molecule has 0 radical (unpaired) electrons. The van der Waals surface area contributed by atoms with Crippen molar-refractivity contribution in [3.63, 3.8) is 0 Å². The Morgan fingerprint density at radius 3 is 1.59 bits per heavy atom. The maximum absolute atomic E-state index is 13.7. The second-order valence-corrected chi connectivity index (χ2v) is 22.1. The molecule has 9 atom stereocenters. The Kier molecular flexibility index (Phi) is 29.8. The van der Waals surface area contributed by atoms with Crippen LogP contribution in [0.3, 0.4) is 0 Å². The van der Waals surface area contributed by atoms with E-state index in [4.69, 9.17) is 9.47 Å². The minimum Gasteiger partial charge on any atom is -0.462 e. The molecule has 8 unspecified atom stereocenters. The summed E-state index contributed by atoms with van der Waals surface area (Å²) in [7, 11) is 2.14. The van der Waals surface area contributed by atoms with Crippen molar-refractivity contribution in [2.45, 2.75) is 277 Å². The van der Waals surface area contributed by atoms with Crippen LogP contribution in [0.5, 0.6) is 0 Å². The third kappa shape index (κ3) is 23.9. The van der Waals surface area contributed by atoms with Crippen LogP contribution in [0, 0.1) is 41.4 Å². The highest BCUT2D eigenvalue weighted by molar-refractivity contribution is 5.71. The molecule has 1 saturated heterocycles. The van der Waals surface area contributed by atoms with E-state index in [0.717, 1.165) is 88.1 Å². The molecule has 0 N–H and O–H groups in total. The number of hydrogen-bond donors (Lipinski definition) is 0. The summed E-state index contributed by atoms with van der Waals surface area (Å²) in [5.41, 5.74) is 0. The fourth-order valence-electron chi connectivity index (χ4n) is 12.0. The van der Waals surface area contributed by atoms with Crippen LogP contribution in [0.25, 0.3) is 0 Å². The zero-order chi connectivity index (χ0) is 45.5. The van der Waals surface area contributed by atoms with Crippen molar-refractivity contribution in [3.8, 4) is 0 Å². The first-order valence-electron chi connectivity index (χ1n) is 28.8. The largest absolute Gasteiger partial charge is 0.462 e. The molecule has 370 valence electrons. The highest BCUT2D eigenvalue weighted by Gasteiger charge is 2.40. The van der Waals surface area contributed by atoms with Gasteiger partial charge in [-0.25, -0.2) is 0 Å². The van der Waals surface area contributed by atoms with Gasteiger partial charge in [-0.05, 0) is 126 Å². The third-order valence-corrected chi connectivity index (χ3v) is 16.4. The lowest BCUT2D eigenvalue weighted by Crippen LogP contribution is -2.28. The molecule has 4 aliphatic rings. The van der Waals surface area contributed by atoms with E-state index in [1.54, 1.807) is 0 Å². The lowest BCUT2D eigenvalue weighted by Gasteiger charge is -2.29. The zero-order valence-electron chi connectivity index (χ0n) is 42.9. The molecule has 0 bridgehead atoms. The van der Waals surface area contributed by atoms with Crippen molar-refractivity contribution >= 4 is 11.9 Å². The molecule has 3 fully saturated rings. The summed E-state index contributed by atoms with van der Waals surface area (Å²) in [5.74, 6) is 4.55. The fourth-order valence-corrected chi connectivity index (χ4v) is 12.0. The zero-order valence-corrected chi connectivity index (χ0v) is 42.9. The third-order valence-electron chi connectivity index (χ3n) is 16.4. The molecule has 2 saturated carbocycles. The number of allylic oxidation sites excluding steroid dienone is 4. The topological polar surface area (TPSA) is 55.8 Å². The summed E-state index contributed by atoms with van der Waals surface area (Å²) in [5, 5.41) is 0. The average molecular weight is 892 g/mol. The van der Waals surface area contributed by atoms with E-state index in [1.165, 1.54) is 180 Å². The van der Waals surface area contributed by atoms with Crippen LogP contribution in [0.1, 0.15) is 265 Å². The molecule has 5 heteroatoms. The number of nitrogens with zero attached hydrogens (tertiary/aromatic N) is 1. The molecule has 0 spiro atoms. The smallest absolute Gasteiger partial charge is 0.306 e. The summed E-state index contributed by atoms with van der Waals surface area (Å²) in [6.07, 6.45) is 57.1. The molecular formula is C59H105NO4. The fraction of sp³-hybridized carbons (Fsp3) is 0.898. The minimum absolute atomic E-state index is 0.0184. The van der Waals surface area contributed by atoms with Crippen LogP contribution in [0.2, 0.25) is 0 Å². The molecule has 64 heavy (non-hydrogen) atoms. The molecular weight excluding hydrogens is 787 g/mol. The van der Waals surface area contributed by atoms with Gasteiger partial charge in [0.05, 0.1) is 0 Å². The van der Waals surface area contributed by atoms with Crippen molar-refractivity contribution < 1.29 is 19.1 Å². The Hall–Kier alpha value is -1.62. The number of esters is 2. The second-order valence-electron chi connectivity index (χ2n) is 22.1. The van der Waals surface area contributed by atoms with E-state index in [2.05, 4.69) is 57.0 Å². The molecule has 0 aromatic heterocycles. The van der Waals surface area contributed by atoms with E-state index in [0.29, 0.717) is 18.8 Å². The van der Waals surface area contributed by atoms with Gasteiger partial charge >= 0.3 is 11.9 Å². The van der Waals surface area contributed by atoms with Crippen molar-refractivity contribution in [1.82, 2.24) is 4.90 Å². The number of likely N-dealkylation sites (tertiary alicyclic amines) is 1. The second kappa shape index (κ2) is 34.6. The van der Waals surface area contributed by atoms with Crippen LogP contribution in [-0.2, 0) is 19.1 Å². The van der Waals surface area contributed by atoms with E-state index >= 15 is 0 Å². The molecule has 0 aromatic rings. The summed E-state index contributed by atoms with van der Waals surface area (Å²) in [6, 6.07) is 0.